The molecule has 4 aliphatic rings. The molecule has 0 amide bonds. The first-order valence-corrected chi connectivity index (χ1v) is 11.2. The van der Waals surface area contributed by atoms with Gasteiger partial charge in [0.1, 0.15) is 6.10 Å². The average molecular weight is 449 g/mol. The smallest absolute Gasteiger partial charge is 0.333 e. The van der Waals surface area contributed by atoms with Crippen LogP contribution in [0.3, 0.4) is 0 Å². The lowest BCUT2D eigenvalue weighted by Crippen LogP contribution is -2.55. The molecule has 8 atom stereocenters. The number of ether oxygens (including phenoxy) is 4. The molecule has 1 N–H and O–H groups in total. The third-order valence-corrected chi connectivity index (χ3v) is 8.16. The van der Waals surface area contributed by atoms with Crippen molar-refractivity contribution in [3.63, 3.8) is 0 Å². The van der Waals surface area contributed by atoms with E-state index in [0.29, 0.717) is 24.0 Å². The Morgan fingerprint density at radius 2 is 1.78 bits per heavy atom. The Kier molecular flexibility index (Phi) is 5.53. The number of carbonyl (C=O) groups excluding carboxylic acids is 3. The van der Waals surface area contributed by atoms with Crippen molar-refractivity contribution >= 4 is 17.9 Å². The lowest BCUT2D eigenvalue weighted by Gasteiger charge is -2.50. The highest BCUT2D eigenvalue weighted by molar-refractivity contribution is 5.87. The van der Waals surface area contributed by atoms with Gasteiger partial charge in [0, 0.05) is 36.3 Å². The fourth-order valence-electron chi connectivity index (χ4n) is 6.76. The van der Waals surface area contributed by atoms with Gasteiger partial charge in [-0.05, 0) is 44.1 Å². The van der Waals surface area contributed by atoms with Gasteiger partial charge >= 0.3 is 17.9 Å². The molecule has 176 valence electrons. The molecule has 2 bridgehead atoms. The maximum atomic E-state index is 12.6. The van der Waals surface area contributed by atoms with Gasteiger partial charge in [0.2, 0.25) is 12.6 Å². The zero-order chi connectivity index (χ0) is 23.6. The van der Waals surface area contributed by atoms with Gasteiger partial charge in [0.05, 0.1) is 12.0 Å². The SMILES string of the molecule is C/C=C(/C)C(=O)O[C@@H]1C=C2[C@H](OC(C)=O)O[C@@H](OC(C)=O)[C@@H]3[C@H](O)C[C@H]4C(C)(C)[C@H]1C[C@@]234. The van der Waals surface area contributed by atoms with Crippen LogP contribution in [0.5, 0.6) is 0 Å². The molecule has 1 saturated heterocycles. The first kappa shape index (κ1) is 23.0. The summed E-state index contributed by atoms with van der Waals surface area (Å²) in [5, 5.41) is 11.1. The van der Waals surface area contributed by atoms with Crippen LogP contribution < -0.4 is 0 Å². The second kappa shape index (κ2) is 7.70. The number of esters is 3. The minimum absolute atomic E-state index is 0.00564. The van der Waals surface area contributed by atoms with Crippen molar-refractivity contribution in [2.45, 2.75) is 79.2 Å². The molecule has 3 aliphatic carbocycles. The quantitative estimate of drug-likeness (QED) is 0.303. The van der Waals surface area contributed by atoms with E-state index in [0.717, 1.165) is 0 Å². The molecule has 4 rings (SSSR count). The van der Waals surface area contributed by atoms with Crippen LogP contribution in [0.2, 0.25) is 0 Å². The van der Waals surface area contributed by atoms with E-state index in [1.165, 1.54) is 13.8 Å². The summed E-state index contributed by atoms with van der Waals surface area (Å²) in [5.41, 5.74) is 0.339. The maximum absolute atomic E-state index is 12.6. The van der Waals surface area contributed by atoms with Crippen LogP contribution >= 0.6 is 0 Å². The van der Waals surface area contributed by atoms with Crippen molar-refractivity contribution < 1.29 is 38.4 Å². The van der Waals surface area contributed by atoms with Gasteiger partial charge in [-0.3, -0.25) is 14.3 Å². The summed E-state index contributed by atoms with van der Waals surface area (Å²) >= 11 is 0. The highest BCUT2D eigenvalue weighted by Gasteiger charge is 2.75. The largest absolute Gasteiger partial charge is 0.454 e. The van der Waals surface area contributed by atoms with Gasteiger partial charge in [0.25, 0.3) is 0 Å². The average Bonchev–Trinajstić information content (AvgIpc) is 3.08. The Labute approximate surface area is 187 Å². The second-order valence-corrected chi connectivity index (χ2v) is 10.1. The zero-order valence-corrected chi connectivity index (χ0v) is 19.4. The predicted molar refractivity (Wildman–Crippen MR) is 112 cm³/mol. The number of carbonyl (C=O) groups is 3. The van der Waals surface area contributed by atoms with E-state index in [1.807, 2.05) is 6.08 Å². The standard InChI is InChI=1S/C24H32O8/c1-7-11(2)20(28)31-17-8-14-21(29-12(3)25)32-22(30-13(4)26)19-16(27)9-18-23(5,6)15(17)10-24(14,18)19/h7-8,15-19,21-22,27H,9-10H2,1-6H3/b11-7-/t15-,16+,17+,18-,19-,21+,22+,24-/m0/s1. The number of aliphatic hydroxyl groups is 1. The normalized spacial score (nSPS) is 41.4. The molecule has 32 heavy (non-hydrogen) atoms. The van der Waals surface area contributed by atoms with Gasteiger partial charge in [-0.15, -0.1) is 0 Å². The van der Waals surface area contributed by atoms with Crippen LogP contribution in [0, 0.1) is 28.6 Å². The molecule has 3 fully saturated rings. The summed E-state index contributed by atoms with van der Waals surface area (Å²) in [6.07, 6.45) is 1.28. The Morgan fingerprint density at radius 1 is 1.12 bits per heavy atom. The van der Waals surface area contributed by atoms with Crippen molar-refractivity contribution in [3.05, 3.63) is 23.3 Å². The van der Waals surface area contributed by atoms with Gasteiger partial charge in [-0.1, -0.05) is 19.9 Å². The molecular formula is C24H32O8. The predicted octanol–water partition coefficient (Wildman–Crippen LogP) is 2.64. The Hall–Kier alpha value is -2.19. The van der Waals surface area contributed by atoms with Gasteiger partial charge in [-0.2, -0.15) is 0 Å². The molecular weight excluding hydrogens is 416 g/mol. The second-order valence-electron chi connectivity index (χ2n) is 10.1. The monoisotopic (exact) mass is 448 g/mol. The molecule has 0 radical (unpaired) electrons. The van der Waals surface area contributed by atoms with Crippen molar-refractivity contribution in [3.8, 4) is 0 Å². The molecule has 1 aliphatic heterocycles. The lowest BCUT2D eigenvalue weighted by atomic mass is 9.62. The highest BCUT2D eigenvalue weighted by atomic mass is 16.8. The van der Waals surface area contributed by atoms with Gasteiger partial charge < -0.3 is 19.3 Å². The van der Waals surface area contributed by atoms with E-state index >= 15 is 0 Å². The topological polar surface area (TPSA) is 108 Å². The number of fused-ring (bicyclic) bond motifs is 1. The number of allylic oxidation sites excluding steroid dienone is 1. The highest BCUT2D eigenvalue weighted by Crippen LogP contribution is 2.74. The zero-order valence-electron chi connectivity index (χ0n) is 19.4. The Balaban J connectivity index is 1.83. The van der Waals surface area contributed by atoms with Crippen molar-refractivity contribution in [1.29, 1.82) is 0 Å². The minimum Gasteiger partial charge on any atom is -0.454 e. The number of hydrogen-bond donors (Lipinski definition) is 1. The van der Waals surface area contributed by atoms with E-state index in [1.54, 1.807) is 19.9 Å². The van der Waals surface area contributed by atoms with Crippen LogP contribution in [0.1, 0.15) is 54.4 Å². The van der Waals surface area contributed by atoms with Crippen molar-refractivity contribution in [2.24, 2.45) is 28.6 Å². The number of hydrogen-bond acceptors (Lipinski definition) is 8. The fourth-order valence-corrected chi connectivity index (χ4v) is 6.76. The molecule has 0 aromatic heterocycles. The third-order valence-electron chi connectivity index (χ3n) is 8.16. The van der Waals surface area contributed by atoms with Gasteiger partial charge in [0.15, 0.2) is 0 Å². The van der Waals surface area contributed by atoms with E-state index in [4.69, 9.17) is 18.9 Å². The summed E-state index contributed by atoms with van der Waals surface area (Å²) < 4.78 is 22.8. The van der Waals surface area contributed by atoms with Crippen LogP contribution in [-0.4, -0.2) is 47.8 Å². The van der Waals surface area contributed by atoms with E-state index in [-0.39, 0.29) is 17.3 Å². The maximum Gasteiger partial charge on any atom is 0.333 e. The molecule has 1 spiro atoms. The first-order valence-electron chi connectivity index (χ1n) is 11.2. The molecule has 8 nitrogen and oxygen atoms in total. The number of aliphatic hydroxyl groups excluding tert-OH is 1. The molecule has 0 unspecified atom stereocenters. The van der Waals surface area contributed by atoms with Crippen molar-refractivity contribution in [1.82, 2.24) is 0 Å². The third kappa shape index (κ3) is 3.22. The summed E-state index contributed by atoms with van der Waals surface area (Å²) in [7, 11) is 0. The fraction of sp³-hybridized carbons (Fsp3) is 0.708. The molecule has 2 saturated carbocycles. The van der Waals surface area contributed by atoms with Gasteiger partial charge in [-0.25, -0.2) is 4.79 Å². The Bertz CT molecular complexity index is 902. The van der Waals surface area contributed by atoms with Crippen molar-refractivity contribution in [2.75, 3.05) is 0 Å². The Morgan fingerprint density at radius 3 is 2.38 bits per heavy atom. The molecule has 0 aromatic carbocycles. The minimum atomic E-state index is -1.08. The summed E-state index contributed by atoms with van der Waals surface area (Å²) in [6.45, 7) is 10.3. The summed E-state index contributed by atoms with van der Waals surface area (Å²) in [4.78, 5) is 36.3. The summed E-state index contributed by atoms with van der Waals surface area (Å²) in [6, 6.07) is 0. The van der Waals surface area contributed by atoms with Crippen LogP contribution in [0.4, 0.5) is 0 Å². The van der Waals surface area contributed by atoms with E-state index < -0.39 is 54.0 Å². The number of rotatable bonds is 4. The molecule has 0 aromatic rings. The van der Waals surface area contributed by atoms with Crippen LogP contribution in [-0.2, 0) is 33.3 Å². The summed E-state index contributed by atoms with van der Waals surface area (Å²) in [5.74, 6) is -1.96. The van der Waals surface area contributed by atoms with E-state index in [9.17, 15) is 19.5 Å². The van der Waals surface area contributed by atoms with E-state index in [2.05, 4.69) is 13.8 Å². The first-order chi connectivity index (χ1) is 14.9. The van der Waals surface area contributed by atoms with Crippen LogP contribution in [0.15, 0.2) is 23.3 Å². The van der Waals surface area contributed by atoms with Crippen LogP contribution in [0.25, 0.3) is 0 Å². The molecule has 1 heterocycles. The lowest BCUT2D eigenvalue weighted by molar-refractivity contribution is -0.281. The molecule has 8 heteroatoms.